The Bertz CT molecular complexity index is 1580. The molecule has 0 spiro atoms. The number of hydrogen-bond acceptors (Lipinski definition) is 10. The second kappa shape index (κ2) is 17.0. The standard InChI is InChI=1S/C34H39N5O7S/c40-21-24-9-11-25(12-10-24)30-19-29(22-47-34-36-37-38-39(34)27-15-17-28(41)18-16-27)45-33(46-30)26-13-7-23(8-14-26)20-35-31(42)5-3-1-2-4-6-32(43)44/h7-18,29-30,33,40-41H,1-6,19-22H2,(H,35,42)(H,43,44)/t29-,30+,33+/m0/s1. The first-order chi connectivity index (χ1) is 22.9. The molecule has 47 heavy (non-hydrogen) atoms. The number of tetrazole rings is 1. The molecule has 12 nitrogen and oxygen atoms in total. The fourth-order valence-electron chi connectivity index (χ4n) is 5.21. The predicted octanol–water partition coefficient (Wildman–Crippen LogP) is 5.24. The molecule has 1 aliphatic rings. The number of nitrogens with one attached hydrogen (secondary N) is 1. The molecule has 0 radical (unpaired) electrons. The molecule has 2 heterocycles. The van der Waals surface area contributed by atoms with Crippen LogP contribution in [0.3, 0.4) is 0 Å². The lowest BCUT2D eigenvalue weighted by Gasteiger charge is -2.36. The molecule has 1 saturated heterocycles. The van der Waals surface area contributed by atoms with Gasteiger partial charge in [-0.25, -0.2) is 0 Å². The van der Waals surface area contributed by atoms with Crippen molar-refractivity contribution in [3.8, 4) is 11.4 Å². The Hall–Kier alpha value is -4.30. The van der Waals surface area contributed by atoms with Crippen molar-refractivity contribution in [1.29, 1.82) is 0 Å². The van der Waals surface area contributed by atoms with E-state index in [4.69, 9.17) is 14.6 Å². The number of amides is 1. The highest BCUT2D eigenvalue weighted by atomic mass is 32.2. The van der Waals surface area contributed by atoms with Crippen molar-refractivity contribution in [2.45, 2.75) is 81.8 Å². The number of thioether (sulfide) groups is 1. The van der Waals surface area contributed by atoms with Gasteiger partial charge < -0.3 is 30.1 Å². The van der Waals surface area contributed by atoms with Gasteiger partial charge in [0.15, 0.2) is 6.29 Å². The van der Waals surface area contributed by atoms with E-state index in [-0.39, 0.29) is 36.9 Å². The smallest absolute Gasteiger partial charge is 0.303 e. The highest BCUT2D eigenvalue weighted by Crippen LogP contribution is 2.39. The molecular formula is C34H39N5O7S. The number of ether oxygens (including phenoxy) is 2. The van der Waals surface area contributed by atoms with Crippen LogP contribution in [0.15, 0.2) is 78.0 Å². The number of unbranched alkanes of at least 4 members (excludes halogenated alkanes) is 3. The van der Waals surface area contributed by atoms with Crippen LogP contribution < -0.4 is 5.32 Å². The Morgan fingerprint density at radius 1 is 0.872 bits per heavy atom. The number of carbonyl (C=O) groups is 2. The highest BCUT2D eigenvalue weighted by Gasteiger charge is 2.32. The van der Waals surface area contributed by atoms with Gasteiger partial charge in [0.2, 0.25) is 11.1 Å². The molecule has 3 aromatic carbocycles. The van der Waals surface area contributed by atoms with Crippen molar-refractivity contribution in [3.05, 3.63) is 95.1 Å². The van der Waals surface area contributed by atoms with Gasteiger partial charge in [-0.3, -0.25) is 9.59 Å². The Morgan fingerprint density at radius 3 is 2.26 bits per heavy atom. The number of carbonyl (C=O) groups excluding carboxylic acids is 1. The number of aliphatic hydroxyl groups is 1. The minimum atomic E-state index is -0.787. The van der Waals surface area contributed by atoms with Crippen LogP contribution in [0.5, 0.6) is 5.75 Å². The van der Waals surface area contributed by atoms with Gasteiger partial charge in [-0.1, -0.05) is 73.1 Å². The molecule has 1 aromatic heterocycles. The van der Waals surface area contributed by atoms with E-state index in [0.29, 0.717) is 36.7 Å². The fraction of sp³-hybridized carbons (Fsp3) is 0.382. The van der Waals surface area contributed by atoms with E-state index in [1.165, 1.54) is 11.8 Å². The SMILES string of the molecule is O=C(O)CCCCCCC(=O)NCc1ccc([C@@H]2O[C@H](CSc3nnnn3-c3ccc(O)cc3)C[C@H](c3ccc(CO)cc3)O2)cc1. The van der Waals surface area contributed by atoms with Crippen LogP contribution >= 0.6 is 11.8 Å². The average Bonchev–Trinajstić information content (AvgIpc) is 3.57. The molecule has 0 unspecified atom stereocenters. The summed E-state index contributed by atoms with van der Waals surface area (Å²) in [6.07, 6.45) is 3.11. The maximum absolute atomic E-state index is 12.3. The van der Waals surface area contributed by atoms with Crippen LogP contribution in [-0.4, -0.2) is 59.3 Å². The largest absolute Gasteiger partial charge is 0.508 e. The lowest BCUT2D eigenvalue weighted by atomic mass is 10.0. The number of aliphatic carboxylic acids is 1. The number of phenols is 1. The summed E-state index contributed by atoms with van der Waals surface area (Å²) in [7, 11) is 0. The maximum atomic E-state index is 12.3. The summed E-state index contributed by atoms with van der Waals surface area (Å²) >= 11 is 1.47. The minimum Gasteiger partial charge on any atom is -0.508 e. The fourth-order valence-corrected chi connectivity index (χ4v) is 6.12. The molecule has 1 fully saturated rings. The van der Waals surface area contributed by atoms with Crippen molar-refractivity contribution in [2.75, 3.05) is 5.75 Å². The molecule has 3 atom stereocenters. The maximum Gasteiger partial charge on any atom is 0.303 e. The van der Waals surface area contributed by atoms with Crippen LogP contribution in [0.4, 0.5) is 0 Å². The molecule has 1 aliphatic heterocycles. The van der Waals surface area contributed by atoms with Crippen molar-refractivity contribution in [3.63, 3.8) is 0 Å². The predicted molar refractivity (Wildman–Crippen MR) is 174 cm³/mol. The third-order valence-electron chi connectivity index (χ3n) is 7.83. The summed E-state index contributed by atoms with van der Waals surface area (Å²) < 4.78 is 14.5. The number of aromatic hydroxyl groups is 1. The summed E-state index contributed by atoms with van der Waals surface area (Å²) in [5.74, 6) is -0.0949. The molecule has 248 valence electrons. The monoisotopic (exact) mass is 661 g/mol. The van der Waals surface area contributed by atoms with E-state index in [2.05, 4.69) is 20.8 Å². The van der Waals surface area contributed by atoms with Crippen molar-refractivity contribution < 1.29 is 34.4 Å². The van der Waals surface area contributed by atoms with Gasteiger partial charge in [-0.2, -0.15) is 4.68 Å². The lowest BCUT2D eigenvalue weighted by Crippen LogP contribution is -2.31. The average molecular weight is 662 g/mol. The van der Waals surface area contributed by atoms with Crippen LogP contribution in [0.2, 0.25) is 0 Å². The number of phenolic OH excluding ortho intramolecular Hbond substituents is 1. The third kappa shape index (κ3) is 10.1. The van der Waals surface area contributed by atoms with Gasteiger partial charge in [-0.15, -0.1) is 5.10 Å². The molecule has 0 aliphatic carbocycles. The number of carboxylic acid groups (broad SMARTS) is 1. The number of rotatable bonds is 16. The Morgan fingerprint density at radius 2 is 1.55 bits per heavy atom. The molecule has 4 aromatic rings. The normalized spacial score (nSPS) is 17.8. The van der Waals surface area contributed by atoms with Crippen LogP contribution in [0, 0.1) is 0 Å². The van der Waals surface area contributed by atoms with Crippen molar-refractivity contribution in [1.82, 2.24) is 25.5 Å². The number of aliphatic hydroxyl groups excluding tert-OH is 1. The first kappa shape index (κ1) is 34.0. The quantitative estimate of drug-likeness (QED) is 0.0915. The Balaban J connectivity index is 1.20. The molecular weight excluding hydrogens is 622 g/mol. The van der Waals surface area contributed by atoms with Crippen LogP contribution in [0.1, 0.15) is 79.6 Å². The number of aromatic nitrogens is 4. The van der Waals surface area contributed by atoms with Gasteiger partial charge in [0.05, 0.1) is 24.5 Å². The lowest BCUT2D eigenvalue weighted by molar-refractivity contribution is -0.245. The van der Waals surface area contributed by atoms with E-state index in [9.17, 15) is 19.8 Å². The summed E-state index contributed by atoms with van der Waals surface area (Å²) in [4.78, 5) is 22.9. The van der Waals surface area contributed by atoms with Crippen molar-refractivity contribution in [2.24, 2.45) is 0 Å². The Labute approximate surface area is 277 Å². The summed E-state index contributed by atoms with van der Waals surface area (Å²) in [6.45, 7) is 0.368. The van der Waals surface area contributed by atoms with Gasteiger partial charge >= 0.3 is 5.97 Å². The van der Waals surface area contributed by atoms with Crippen molar-refractivity contribution >= 4 is 23.6 Å². The molecule has 0 bridgehead atoms. The van der Waals surface area contributed by atoms with E-state index < -0.39 is 12.3 Å². The van der Waals surface area contributed by atoms with Crippen LogP contribution in [0.25, 0.3) is 5.69 Å². The first-order valence-electron chi connectivity index (χ1n) is 15.7. The summed E-state index contributed by atoms with van der Waals surface area (Å²) in [5, 5.41) is 43.6. The molecule has 13 heteroatoms. The van der Waals surface area contributed by atoms with Crippen LogP contribution in [-0.2, 0) is 32.2 Å². The summed E-state index contributed by atoms with van der Waals surface area (Å²) in [6, 6.07) is 22.2. The zero-order chi connectivity index (χ0) is 33.0. The second-order valence-electron chi connectivity index (χ2n) is 11.4. The Kier molecular flexibility index (Phi) is 12.3. The summed E-state index contributed by atoms with van der Waals surface area (Å²) in [5.41, 5.74) is 4.34. The van der Waals surface area contributed by atoms with Gasteiger partial charge in [0, 0.05) is 37.1 Å². The third-order valence-corrected chi connectivity index (χ3v) is 8.89. The topological polar surface area (TPSA) is 169 Å². The van der Waals surface area contributed by atoms with E-state index >= 15 is 0 Å². The molecule has 4 N–H and O–H groups in total. The minimum absolute atomic E-state index is 0.0295. The first-order valence-corrected chi connectivity index (χ1v) is 16.6. The van der Waals surface area contributed by atoms with E-state index in [1.54, 1.807) is 28.9 Å². The number of hydrogen-bond donors (Lipinski definition) is 4. The zero-order valence-corrected chi connectivity index (χ0v) is 26.7. The van der Waals surface area contributed by atoms with Gasteiger partial charge in [0.1, 0.15) is 5.75 Å². The van der Waals surface area contributed by atoms with Gasteiger partial charge in [0.25, 0.3) is 0 Å². The number of carboxylic acids is 1. The van der Waals surface area contributed by atoms with E-state index in [0.717, 1.165) is 47.2 Å². The molecule has 0 saturated carbocycles. The number of nitrogens with zero attached hydrogens (tertiary/aromatic N) is 4. The molecule has 1 amide bonds. The molecule has 5 rings (SSSR count). The number of benzene rings is 3. The van der Waals surface area contributed by atoms with E-state index in [1.807, 2.05) is 48.5 Å². The van der Waals surface area contributed by atoms with Gasteiger partial charge in [-0.05, 0) is 64.2 Å². The second-order valence-corrected chi connectivity index (χ2v) is 12.4. The highest BCUT2D eigenvalue weighted by molar-refractivity contribution is 7.99. The zero-order valence-electron chi connectivity index (χ0n) is 25.9.